The highest BCUT2D eigenvalue weighted by atomic mass is 16.2. The van der Waals surface area contributed by atoms with Crippen LogP contribution in [0.3, 0.4) is 0 Å². The molecule has 1 aliphatic rings. The number of carbonyl (C=O) groups is 1. The van der Waals surface area contributed by atoms with Crippen molar-refractivity contribution >= 4 is 5.91 Å². The zero-order chi connectivity index (χ0) is 13.4. The van der Waals surface area contributed by atoms with E-state index in [4.69, 9.17) is 5.73 Å². The fourth-order valence-electron chi connectivity index (χ4n) is 2.21. The molecule has 1 heterocycles. The van der Waals surface area contributed by atoms with Crippen LogP contribution in [0.2, 0.25) is 0 Å². The van der Waals surface area contributed by atoms with E-state index in [0.717, 1.165) is 13.0 Å². The van der Waals surface area contributed by atoms with Gasteiger partial charge in [-0.1, -0.05) is 6.92 Å². The Morgan fingerprint density at radius 2 is 1.71 bits per heavy atom. The van der Waals surface area contributed by atoms with Crippen molar-refractivity contribution < 1.29 is 4.79 Å². The average molecular weight is 240 g/mol. The van der Waals surface area contributed by atoms with Crippen molar-refractivity contribution in [1.82, 2.24) is 4.90 Å². The van der Waals surface area contributed by atoms with Gasteiger partial charge in [0.05, 0.1) is 5.41 Å². The molecule has 0 aromatic heterocycles. The predicted octanol–water partition coefficient (Wildman–Crippen LogP) is 2.40. The summed E-state index contributed by atoms with van der Waals surface area (Å²) in [6.45, 7) is 13.0. The number of hydrogen-bond donors (Lipinski definition) is 1. The molecule has 0 saturated carbocycles. The molecular formula is C14H28N2O. The Balaban J connectivity index is 2.88. The second-order valence-corrected chi connectivity index (χ2v) is 6.84. The monoisotopic (exact) mass is 240 g/mol. The lowest BCUT2D eigenvalue weighted by molar-refractivity contribution is -0.148. The van der Waals surface area contributed by atoms with E-state index in [1.54, 1.807) is 0 Å². The number of nitrogens with two attached hydrogens (primary N) is 1. The van der Waals surface area contributed by atoms with Crippen molar-refractivity contribution in [2.45, 2.75) is 66.0 Å². The molecule has 0 aromatic rings. The summed E-state index contributed by atoms with van der Waals surface area (Å²) < 4.78 is 0. The zero-order valence-electron chi connectivity index (χ0n) is 12.2. The molecule has 2 N–H and O–H groups in total. The Hall–Kier alpha value is -0.570. The molecule has 2 unspecified atom stereocenters. The number of likely N-dealkylation sites (tertiary alicyclic amines) is 1. The Kier molecular flexibility index (Phi) is 3.92. The van der Waals surface area contributed by atoms with E-state index in [1.807, 2.05) is 32.6 Å². The molecule has 0 radical (unpaired) electrons. The average Bonchev–Trinajstić information content (AvgIpc) is 2.19. The minimum absolute atomic E-state index is 0.198. The SMILES string of the molecule is CC1CCC(C)N(C(=O)C(C)(C)C(C)(C)N)C1. The van der Waals surface area contributed by atoms with Crippen LogP contribution in [0.1, 0.15) is 54.4 Å². The van der Waals surface area contributed by atoms with Gasteiger partial charge in [0.15, 0.2) is 0 Å². The maximum Gasteiger partial charge on any atom is 0.230 e. The van der Waals surface area contributed by atoms with Gasteiger partial charge in [-0.15, -0.1) is 0 Å². The number of hydrogen-bond acceptors (Lipinski definition) is 2. The van der Waals surface area contributed by atoms with Gasteiger partial charge in [-0.3, -0.25) is 4.79 Å². The lowest BCUT2D eigenvalue weighted by atomic mass is 9.73. The van der Waals surface area contributed by atoms with E-state index < -0.39 is 11.0 Å². The molecule has 3 nitrogen and oxygen atoms in total. The maximum atomic E-state index is 12.7. The van der Waals surface area contributed by atoms with E-state index in [9.17, 15) is 4.79 Å². The highest BCUT2D eigenvalue weighted by Gasteiger charge is 2.44. The van der Waals surface area contributed by atoms with Crippen LogP contribution in [-0.4, -0.2) is 28.9 Å². The Morgan fingerprint density at radius 3 is 2.18 bits per heavy atom. The van der Waals surface area contributed by atoms with Crippen molar-refractivity contribution in [2.24, 2.45) is 17.1 Å². The second kappa shape index (κ2) is 4.60. The van der Waals surface area contributed by atoms with Gasteiger partial charge >= 0.3 is 0 Å². The van der Waals surface area contributed by atoms with E-state index in [2.05, 4.69) is 13.8 Å². The van der Waals surface area contributed by atoms with Crippen molar-refractivity contribution in [2.75, 3.05) is 6.54 Å². The van der Waals surface area contributed by atoms with Crippen LogP contribution in [0.25, 0.3) is 0 Å². The first-order valence-corrected chi connectivity index (χ1v) is 6.67. The van der Waals surface area contributed by atoms with E-state index >= 15 is 0 Å². The topological polar surface area (TPSA) is 46.3 Å². The molecule has 1 fully saturated rings. The fraction of sp³-hybridized carbons (Fsp3) is 0.929. The van der Waals surface area contributed by atoms with Crippen molar-refractivity contribution in [3.05, 3.63) is 0 Å². The molecule has 1 rings (SSSR count). The largest absolute Gasteiger partial charge is 0.339 e. The predicted molar refractivity (Wildman–Crippen MR) is 71.6 cm³/mol. The summed E-state index contributed by atoms with van der Waals surface area (Å²) in [5.41, 5.74) is 5.14. The molecule has 1 amide bonds. The summed E-state index contributed by atoms with van der Waals surface area (Å²) in [6, 6.07) is 0.348. The third-order valence-corrected chi connectivity index (χ3v) is 4.52. The lowest BCUT2D eigenvalue weighted by Crippen LogP contribution is -2.59. The van der Waals surface area contributed by atoms with Gasteiger partial charge in [-0.05, 0) is 53.4 Å². The first-order chi connectivity index (χ1) is 7.57. The van der Waals surface area contributed by atoms with E-state index in [0.29, 0.717) is 12.0 Å². The van der Waals surface area contributed by atoms with Gasteiger partial charge in [0.1, 0.15) is 0 Å². The molecule has 0 spiro atoms. The molecule has 0 bridgehead atoms. The molecule has 17 heavy (non-hydrogen) atoms. The van der Waals surface area contributed by atoms with Crippen LogP contribution in [-0.2, 0) is 4.79 Å². The maximum absolute atomic E-state index is 12.7. The van der Waals surface area contributed by atoms with Crippen molar-refractivity contribution in [3.8, 4) is 0 Å². The Morgan fingerprint density at radius 1 is 1.18 bits per heavy atom. The van der Waals surface area contributed by atoms with Gasteiger partial charge in [-0.2, -0.15) is 0 Å². The third kappa shape index (κ3) is 2.82. The van der Waals surface area contributed by atoms with Crippen LogP contribution in [0, 0.1) is 11.3 Å². The number of nitrogens with zero attached hydrogens (tertiary/aromatic N) is 1. The first kappa shape index (κ1) is 14.5. The van der Waals surface area contributed by atoms with Gasteiger partial charge < -0.3 is 10.6 Å². The van der Waals surface area contributed by atoms with Gasteiger partial charge in [0.25, 0.3) is 0 Å². The van der Waals surface area contributed by atoms with E-state index in [-0.39, 0.29) is 5.91 Å². The van der Waals surface area contributed by atoms with Gasteiger partial charge in [-0.25, -0.2) is 0 Å². The number of carbonyl (C=O) groups excluding carboxylic acids is 1. The normalized spacial score (nSPS) is 27.1. The molecule has 3 heteroatoms. The number of piperidine rings is 1. The standard InChI is InChI=1S/C14H28N2O/c1-10-7-8-11(2)16(9-10)12(17)13(3,4)14(5,6)15/h10-11H,7-9,15H2,1-6H3. The second-order valence-electron chi connectivity index (χ2n) is 6.84. The summed E-state index contributed by atoms with van der Waals surface area (Å²) in [5, 5.41) is 0. The molecular weight excluding hydrogens is 212 g/mol. The summed E-state index contributed by atoms with van der Waals surface area (Å²) >= 11 is 0. The zero-order valence-corrected chi connectivity index (χ0v) is 12.2. The summed E-state index contributed by atoms with van der Waals surface area (Å²) in [6.07, 6.45) is 2.32. The van der Waals surface area contributed by atoms with Crippen molar-refractivity contribution in [3.63, 3.8) is 0 Å². The molecule has 100 valence electrons. The van der Waals surface area contributed by atoms with Crippen LogP contribution >= 0.6 is 0 Å². The Bertz CT molecular complexity index is 291. The van der Waals surface area contributed by atoms with Gasteiger partial charge in [0.2, 0.25) is 5.91 Å². The van der Waals surface area contributed by atoms with Crippen LogP contribution < -0.4 is 5.73 Å². The molecule has 1 saturated heterocycles. The number of amides is 1. The fourth-order valence-corrected chi connectivity index (χ4v) is 2.21. The highest BCUT2D eigenvalue weighted by molar-refractivity contribution is 5.83. The summed E-state index contributed by atoms with van der Waals surface area (Å²) in [5.74, 6) is 0.802. The lowest BCUT2D eigenvalue weighted by Gasteiger charge is -2.45. The van der Waals surface area contributed by atoms with Crippen LogP contribution in [0.5, 0.6) is 0 Å². The smallest absolute Gasteiger partial charge is 0.230 e. The molecule has 0 aliphatic carbocycles. The summed E-state index contributed by atoms with van der Waals surface area (Å²) in [4.78, 5) is 14.7. The summed E-state index contributed by atoms with van der Waals surface area (Å²) in [7, 11) is 0. The minimum atomic E-state index is -0.516. The van der Waals surface area contributed by atoms with Gasteiger partial charge in [0, 0.05) is 18.1 Å². The quantitative estimate of drug-likeness (QED) is 0.805. The number of rotatable bonds is 2. The van der Waals surface area contributed by atoms with Crippen LogP contribution in [0.4, 0.5) is 0 Å². The highest BCUT2D eigenvalue weighted by Crippen LogP contribution is 2.33. The molecule has 1 aliphatic heterocycles. The first-order valence-electron chi connectivity index (χ1n) is 6.67. The van der Waals surface area contributed by atoms with Crippen LogP contribution in [0.15, 0.2) is 0 Å². The minimum Gasteiger partial charge on any atom is -0.339 e. The molecule has 0 aromatic carbocycles. The van der Waals surface area contributed by atoms with E-state index in [1.165, 1.54) is 6.42 Å². The Labute approximate surface area is 106 Å². The molecule has 2 atom stereocenters. The third-order valence-electron chi connectivity index (χ3n) is 4.52. The van der Waals surface area contributed by atoms with Crippen molar-refractivity contribution in [1.29, 1.82) is 0 Å².